The average molecular weight is 571 g/mol. The normalized spacial score (nSPS) is 13.9. The molecule has 0 saturated carbocycles. The first-order valence-corrected chi connectivity index (χ1v) is 13.3. The van der Waals surface area contributed by atoms with Gasteiger partial charge in [0, 0.05) is 19.3 Å². The predicted molar refractivity (Wildman–Crippen MR) is 150 cm³/mol. The van der Waals surface area contributed by atoms with E-state index in [1.54, 1.807) is 30.3 Å². The number of phenols is 1. The van der Waals surface area contributed by atoms with Crippen molar-refractivity contribution in [3.63, 3.8) is 0 Å². The Hall–Kier alpha value is -4.45. The van der Waals surface area contributed by atoms with Gasteiger partial charge in [-0.1, -0.05) is 56.3 Å². The molecule has 2 rings (SSSR count). The molecular formula is C29H38N4O8. The van der Waals surface area contributed by atoms with Crippen LogP contribution in [0, 0.1) is 5.92 Å². The summed E-state index contributed by atoms with van der Waals surface area (Å²) in [7, 11) is 0. The molecule has 41 heavy (non-hydrogen) atoms. The Kier molecular flexibility index (Phi) is 12.8. The number of aliphatic carboxylic acids is 2. The SMILES string of the molecule is CC(C)CC(N)C(=O)NC(Cc1ccccc1)C(=O)NC(Cc1ccc(O)cc1)C(=O)NC(CCC(=O)O)C(=O)O. The average Bonchev–Trinajstić information content (AvgIpc) is 2.91. The van der Waals surface area contributed by atoms with Crippen molar-refractivity contribution in [2.24, 2.45) is 11.7 Å². The third kappa shape index (κ3) is 11.7. The molecule has 4 atom stereocenters. The van der Waals surface area contributed by atoms with Gasteiger partial charge in [0.05, 0.1) is 6.04 Å². The minimum absolute atomic E-state index is 0.0122. The van der Waals surface area contributed by atoms with E-state index in [9.17, 15) is 34.2 Å². The quantitative estimate of drug-likeness (QED) is 0.153. The van der Waals surface area contributed by atoms with Gasteiger partial charge in [-0.15, -0.1) is 0 Å². The van der Waals surface area contributed by atoms with Gasteiger partial charge in [-0.2, -0.15) is 0 Å². The second-order valence-corrected chi connectivity index (χ2v) is 10.3. The van der Waals surface area contributed by atoms with Gasteiger partial charge in [0.15, 0.2) is 0 Å². The summed E-state index contributed by atoms with van der Waals surface area (Å²) in [5.74, 6) is -4.62. The Morgan fingerprint density at radius 1 is 0.732 bits per heavy atom. The number of aromatic hydroxyl groups is 1. The summed E-state index contributed by atoms with van der Waals surface area (Å²) in [6.07, 6.45) is -0.451. The second kappa shape index (κ2) is 16.0. The standard InChI is InChI=1S/C29H38N4O8/c1-17(2)14-21(30)26(37)32-23(15-18-6-4-3-5-7-18)28(39)33-24(16-19-8-10-20(34)11-9-19)27(38)31-22(29(40)41)12-13-25(35)36/h3-11,17,21-24,34H,12-16,30H2,1-2H3,(H,31,38)(H,32,37)(H,33,39)(H,35,36)(H,40,41). The smallest absolute Gasteiger partial charge is 0.326 e. The Balaban J connectivity index is 2.32. The van der Waals surface area contributed by atoms with Gasteiger partial charge < -0.3 is 37.0 Å². The number of nitrogens with two attached hydrogens (primary N) is 1. The summed E-state index contributed by atoms with van der Waals surface area (Å²) in [6, 6.07) is 10.0. The van der Waals surface area contributed by atoms with Crippen molar-refractivity contribution < 1.29 is 39.3 Å². The molecule has 0 aliphatic heterocycles. The van der Waals surface area contributed by atoms with Crippen molar-refractivity contribution in [1.29, 1.82) is 0 Å². The fraction of sp³-hybridized carbons (Fsp3) is 0.414. The number of rotatable bonds is 16. The van der Waals surface area contributed by atoms with Crippen LogP contribution in [0.5, 0.6) is 5.75 Å². The molecule has 2 aromatic rings. The molecule has 0 spiro atoms. The topological polar surface area (TPSA) is 208 Å². The third-order valence-electron chi connectivity index (χ3n) is 6.25. The fourth-order valence-electron chi connectivity index (χ4n) is 4.10. The van der Waals surface area contributed by atoms with Crippen LogP contribution in [-0.2, 0) is 36.8 Å². The minimum atomic E-state index is -1.51. The van der Waals surface area contributed by atoms with Crippen molar-refractivity contribution in [3.8, 4) is 5.75 Å². The molecule has 0 fully saturated rings. The molecule has 222 valence electrons. The van der Waals surface area contributed by atoms with Gasteiger partial charge in [0.25, 0.3) is 0 Å². The van der Waals surface area contributed by atoms with E-state index in [0.29, 0.717) is 12.0 Å². The van der Waals surface area contributed by atoms with Crippen LogP contribution >= 0.6 is 0 Å². The van der Waals surface area contributed by atoms with E-state index in [0.717, 1.165) is 5.56 Å². The number of carboxylic acids is 2. The number of phenolic OH excluding ortho intramolecular Hbond substituents is 1. The number of benzene rings is 2. The number of nitrogens with one attached hydrogen (secondary N) is 3. The molecule has 0 aromatic heterocycles. The molecule has 2 aromatic carbocycles. The molecule has 0 aliphatic rings. The third-order valence-corrected chi connectivity index (χ3v) is 6.25. The zero-order valence-corrected chi connectivity index (χ0v) is 23.1. The highest BCUT2D eigenvalue weighted by atomic mass is 16.4. The molecule has 8 N–H and O–H groups in total. The van der Waals surface area contributed by atoms with Crippen molar-refractivity contribution in [3.05, 3.63) is 65.7 Å². The number of hydrogen-bond acceptors (Lipinski definition) is 7. The molecule has 3 amide bonds. The highest BCUT2D eigenvalue weighted by Gasteiger charge is 2.31. The van der Waals surface area contributed by atoms with E-state index in [-0.39, 0.29) is 30.9 Å². The lowest BCUT2D eigenvalue weighted by Gasteiger charge is -2.25. The summed E-state index contributed by atoms with van der Waals surface area (Å²) in [5.41, 5.74) is 7.32. The highest BCUT2D eigenvalue weighted by molar-refractivity contribution is 5.94. The number of carbonyl (C=O) groups excluding carboxylic acids is 3. The first-order chi connectivity index (χ1) is 19.3. The Morgan fingerprint density at radius 2 is 1.22 bits per heavy atom. The van der Waals surface area contributed by atoms with Crippen LogP contribution < -0.4 is 21.7 Å². The van der Waals surface area contributed by atoms with E-state index in [2.05, 4.69) is 16.0 Å². The summed E-state index contributed by atoms with van der Waals surface area (Å²) in [6.45, 7) is 3.82. The van der Waals surface area contributed by atoms with Crippen LogP contribution in [0.1, 0.15) is 44.2 Å². The maximum atomic E-state index is 13.5. The first kappa shape index (κ1) is 32.8. The lowest BCUT2D eigenvalue weighted by Crippen LogP contribution is -2.58. The molecule has 0 heterocycles. The Labute approximate surface area is 238 Å². The zero-order valence-electron chi connectivity index (χ0n) is 23.1. The molecular weight excluding hydrogens is 532 g/mol. The van der Waals surface area contributed by atoms with Crippen LogP contribution in [0.15, 0.2) is 54.6 Å². The van der Waals surface area contributed by atoms with Crippen LogP contribution in [0.25, 0.3) is 0 Å². The fourth-order valence-corrected chi connectivity index (χ4v) is 4.10. The predicted octanol–water partition coefficient (Wildman–Crippen LogP) is 0.955. The van der Waals surface area contributed by atoms with Gasteiger partial charge in [0.2, 0.25) is 17.7 Å². The number of hydrogen-bond donors (Lipinski definition) is 7. The van der Waals surface area contributed by atoms with Crippen LogP contribution in [0.3, 0.4) is 0 Å². The van der Waals surface area contributed by atoms with Crippen molar-refractivity contribution in [2.75, 3.05) is 0 Å². The zero-order chi connectivity index (χ0) is 30.5. The molecule has 4 unspecified atom stereocenters. The summed E-state index contributed by atoms with van der Waals surface area (Å²) < 4.78 is 0. The maximum Gasteiger partial charge on any atom is 0.326 e. The van der Waals surface area contributed by atoms with Crippen molar-refractivity contribution in [2.45, 2.75) is 70.1 Å². The lowest BCUT2D eigenvalue weighted by atomic mass is 10.0. The van der Waals surface area contributed by atoms with E-state index >= 15 is 0 Å². The molecule has 12 heteroatoms. The van der Waals surface area contributed by atoms with E-state index in [1.165, 1.54) is 24.3 Å². The molecule has 0 saturated heterocycles. The van der Waals surface area contributed by atoms with E-state index < -0.39 is 60.2 Å². The summed E-state index contributed by atoms with van der Waals surface area (Å²) in [4.78, 5) is 62.3. The monoisotopic (exact) mass is 570 g/mol. The number of carboxylic acid groups (broad SMARTS) is 2. The maximum absolute atomic E-state index is 13.5. The Morgan fingerprint density at radius 3 is 1.71 bits per heavy atom. The highest BCUT2D eigenvalue weighted by Crippen LogP contribution is 2.13. The van der Waals surface area contributed by atoms with Crippen LogP contribution in [-0.4, -0.2) is 69.1 Å². The van der Waals surface area contributed by atoms with Gasteiger partial charge in [-0.05, 0) is 42.0 Å². The van der Waals surface area contributed by atoms with Crippen LogP contribution in [0.4, 0.5) is 0 Å². The molecule has 12 nitrogen and oxygen atoms in total. The lowest BCUT2D eigenvalue weighted by molar-refractivity contribution is -0.143. The molecule has 0 radical (unpaired) electrons. The largest absolute Gasteiger partial charge is 0.508 e. The van der Waals surface area contributed by atoms with E-state index in [1.807, 2.05) is 13.8 Å². The van der Waals surface area contributed by atoms with E-state index in [4.69, 9.17) is 10.8 Å². The van der Waals surface area contributed by atoms with Crippen LogP contribution in [0.2, 0.25) is 0 Å². The Bertz CT molecular complexity index is 1190. The second-order valence-electron chi connectivity index (χ2n) is 10.3. The van der Waals surface area contributed by atoms with Gasteiger partial charge in [0.1, 0.15) is 23.9 Å². The van der Waals surface area contributed by atoms with Crippen molar-refractivity contribution >= 4 is 29.7 Å². The van der Waals surface area contributed by atoms with Gasteiger partial charge >= 0.3 is 11.9 Å². The summed E-state index contributed by atoms with van der Waals surface area (Å²) in [5, 5.41) is 35.7. The molecule has 0 bridgehead atoms. The summed E-state index contributed by atoms with van der Waals surface area (Å²) >= 11 is 0. The first-order valence-electron chi connectivity index (χ1n) is 13.3. The van der Waals surface area contributed by atoms with Crippen molar-refractivity contribution in [1.82, 2.24) is 16.0 Å². The van der Waals surface area contributed by atoms with Gasteiger partial charge in [-0.3, -0.25) is 19.2 Å². The van der Waals surface area contributed by atoms with Gasteiger partial charge in [-0.25, -0.2) is 4.79 Å². The number of carbonyl (C=O) groups is 5. The minimum Gasteiger partial charge on any atom is -0.508 e. The number of amides is 3. The molecule has 0 aliphatic carbocycles.